The normalized spacial score (nSPS) is 14.4. The highest BCUT2D eigenvalue weighted by molar-refractivity contribution is 6.30. The van der Waals surface area contributed by atoms with Gasteiger partial charge in [0.1, 0.15) is 12.4 Å². The molecule has 1 N–H and O–H groups in total. The van der Waals surface area contributed by atoms with Crippen molar-refractivity contribution in [3.63, 3.8) is 0 Å². The molecule has 1 heterocycles. The molecule has 1 aromatic carbocycles. The summed E-state index contributed by atoms with van der Waals surface area (Å²) in [5, 5.41) is 12.4. The van der Waals surface area contributed by atoms with Crippen LogP contribution < -0.4 is 10.1 Å². The van der Waals surface area contributed by atoms with E-state index in [2.05, 4.69) is 15.6 Å². The summed E-state index contributed by atoms with van der Waals surface area (Å²) in [6, 6.07) is 6.34. The summed E-state index contributed by atoms with van der Waals surface area (Å²) in [5.74, 6) is 0.818. The Morgan fingerprint density at radius 2 is 2.29 bits per heavy atom. The molecule has 0 spiro atoms. The van der Waals surface area contributed by atoms with Gasteiger partial charge in [0.05, 0.1) is 12.2 Å². The number of halogens is 1. The van der Waals surface area contributed by atoms with Gasteiger partial charge in [0, 0.05) is 23.8 Å². The smallest absolute Gasteiger partial charge is 0.123 e. The number of nitrogens with zero attached hydrogens (tertiary/aromatic N) is 3. The molecule has 1 aliphatic carbocycles. The van der Waals surface area contributed by atoms with E-state index in [-0.39, 0.29) is 0 Å². The Balaban J connectivity index is 1.47. The third kappa shape index (κ3) is 4.19. The van der Waals surface area contributed by atoms with Gasteiger partial charge in [-0.15, -0.1) is 5.10 Å². The fourth-order valence-electron chi connectivity index (χ4n) is 2.04. The van der Waals surface area contributed by atoms with Crippen molar-refractivity contribution in [1.29, 1.82) is 0 Å². The number of hydrogen-bond acceptors (Lipinski definition) is 4. The van der Waals surface area contributed by atoms with E-state index in [0.29, 0.717) is 24.2 Å². The lowest BCUT2D eigenvalue weighted by Gasteiger charge is -2.09. The van der Waals surface area contributed by atoms with Crippen LogP contribution in [-0.4, -0.2) is 27.6 Å². The third-order valence-corrected chi connectivity index (χ3v) is 3.70. The molecule has 1 aromatic heterocycles. The second kappa shape index (κ2) is 6.45. The van der Waals surface area contributed by atoms with Gasteiger partial charge in [0.2, 0.25) is 0 Å². The maximum Gasteiger partial charge on any atom is 0.123 e. The van der Waals surface area contributed by atoms with Gasteiger partial charge in [-0.1, -0.05) is 22.9 Å². The maximum absolute atomic E-state index is 5.97. The molecule has 3 rings (SSSR count). The number of benzene rings is 1. The maximum atomic E-state index is 5.97. The highest BCUT2D eigenvalue weighted by Crippen LogP contribution is 2.22. The summed E-state index contributed by atoms with van der Waals surface area (Å²) >= 11 is 5.97. The largest absolute Gasteiger partial charge is 0.491 e. The molecule has 0 radical (unpaired) electrons. The third-order valence-electron chi connectivity index (χ3n) is 3.46. The summed E-state index contributed by atoms with van der Waals surface area (Å²) < 4.78 is 7.56. The van der Waals surface area contributed by atoms with Gasteiger partial charge in [0.25, 0.3) is 0 Å². The molecule has 1 aliphatic rings. The van der Waals surface area contributed by atoms with Gasteiger partial charge in [-0.05, 0) is 37.5 Å². The van der Waals surface area contributed by atoms with Gasteiger partial charge in [-0.25, -0.2) is 4.68 Å². The van der Waals surface area contributed by atoms with E-state index < -0.39 is 0 Å². The van der Waals surface area contributed by atoms with Crippen LogP contribution in [0.1, 0.15) is 24.1 Å². The minimum atomic E-state index is 0.542. The van der Waals surface area contributed by atoms with Crippen molar-refractivity contribution in [3.05, 3.63) is 40.7 Å². The number of rotatable bonds is 7. The van der Waals surface area contributed by atoms with Crippen molar-refractivity contribution >= 4 is 11.6 Å². The molecular weight excluding hydrogens is 288 g/mol. The molecule has 0 atom stereocenters. The molecule has 0 amide bonds. The van der Waals surface area contributed by atoms with Crippen LogP contribution in [0.3, 0.4) is 0 Å². The van der Waals surface area contributed by atoms with Crippen LogP contribution >= 0.6 is 11.6 Å². The Labute approximate surface area is 129 Å². The van der Waals surface area contributed by atoms with E-state index >= 15 is 0 Å². The van der Waals surface area contributed by atoms with E-state index in [1.54, 1.807) is 0 Å². The van der Waals surface area contributed by atoms with Crippen LogP contribution in [0.5, 0.6) is 5.75 Å². The fourth-order valence-corrected chi connectivity index (χ4v) is 2.21. The summed E-state index contributed by atoms with van der Waals surface area (Å²) in [6.07, 6.45) is 4.52. The summed E-state index contributed by atoms with van der Waals surface area (Å²) in [7, 11) is 0. The number of hydrogen-bond donors (Lipinski definition) is 1. The second-order valence-electron chi connectivity index (χ2n) is 5.39. The number of nitrogens with one attached hydrogen (secondary N) is 1. The SMILES string of the molecule is Cc1ccc(Cl)cc1OCCn1cc(CNC2CC2)nn1. The van der Waals surface area contributed by atoms with Gasteiger partial charge in [-0.2, -0.15) is 0 Å². The average Bonchev–Trinajstić information content (AvgIpc) is 3.20. The van der Waals surface area contributed by atoms with Gasteiger partial charge in [-0.3, -0.25) is 0 Å². The van der Waals surface area contributed by atoms with Gasteiger partial charge in [0.15, 0.2) is 0 Å². The molecule has 1 saturated carbocycles. The van der Waals surface area contributed by atoms with Crippen LogP contribution in [0.25, 0.3) is 0 Å². The van der Waals surface area contributed by atoms with Crippen molar-refractivity contribution in [2.45, 2.75) is 38.9 Å². The zero-order chi connectivity index (χ0) is 14.7. The molecule has 0 saturated heterocycles. The van der Waals surface area contributed by atoms with E-state index in [4.69, 9.17) is 16.3 Å². The number of aromatic nitrogens is 3. The Hall–Kier alpha value is -1.59. The minimum absolute atomic E-state index is 0.542. The summed E-state index contributed by atoms with van der Waals surface area (Å²) in [4.78, 5) is 0. The topological polar surface area (TPSA) is 52.0 Å². The quantitative estimate of drug-likeness (QED) is 0.854. The summed E-state index contributed by atoms with van der Waals surface area (Å²) in [5.41, 5.74) is 2.05. The van der Waals surface area contributed by atoms with Crippen LogP contribution in [0.4, 0.5) is 0 Å². The van der Waals surface area contributed by atoms with E-state index in [1.807, 2.05) is 36.0 Å². The van der Waals surface area contributed by atoms with Crippen LogP contribution in [0.15, 0.2) is 24.4 Å². The molecule has 0 unspecified atom stereocenters. The molecule has 6 heteroatoms. The average molecular weight is 307 g/mol. The predicted octanol–water partition coefficient (Wildman–Crippen LogP) is 2.57. The minimum Gasteiger partial charge on any atom is -0.491 e. The first-order valence-electron chi connectivity index (χ1n) is 7.22. The lowest BCUT2D eigenvalue weighted by atomic mass is 10.2. The van der Waals surface area contributed by atoms with Crippen molar-refractivity contribution in [2.24, 2.45) is 0 Å². The van der Waals surface area contributed by atoms with Crippen LogP contribution in [-0.2, 0) is 13.1 Å². The highest BCUT2D eigenvalue weighted by Gasteiger charge is 2.20. The monoisotopic (exact) mass is 306 g/mol. The van der Waals surface area contributed by atoms with E-state index in [9.17, 15) is 0 Å². The molecule has 21 heavy (non-hydrogen) atoms. The highest BCUT2D eigenvalue weighted by atomic mass is 35.5. The van der Waals surface area contributed by atoms with Gasteiger partial charge < -0.3 is 10.1 Å². The lowest BCUT2D eigenvalue weighted by Crippen LogP contribution is -2.15. The van der Waals surface area contributed by atoms with Crippen LogP contribution in [0, 0.1) is 6.92 Å². The first-order valence-corrected chi connectivity index (χ1v) is 7.60. The number of aryl methyl sites for hydroxylation is 1. The molecule has 5 nitrogen and oxygen atoms in total. The van der Waals surface area contributed by atoms with Gasteiger partial charge >= 0.3 is 0 Å². The standard InChI is InChI=1S/C15H19ClN4O/c1-11-2-3-12(16)8-15(11)21-7-6-20-10-14(18-19-20)9-17-13-4-5-13/h2-3,8,10,13,17H,4-7,9H2,1H3. The Bertz CT molecular complexity index is 609. The van der Waals surface area contributed by atoms with Crippen molar-refractivity contribution in [2.75, 3.05) is 6.61 Å². The Kier molecular flexibility index (Phi) is 4.41. The first-order chi connectivity index (χ1) is 10.2. The fraction of sp³-hybridized carbons (Fsp3) is 0.467. The summed E-state index contributed by atoms with van der Waals surface area (Å²) in [6.45, 7) is 4.00. The Morgan fingerprint density at radius 1 is 1.43 bits per heavy atom. The van der Waals surface area contributed by atoms with Crippen molar-refractivity contribution < 1.29 is 4.74 Å². The molecule has 2 aromatic rings. The van der Waals surface area contributed by atoms with Crippen molar-refractivity contribution in [1.82, 2.24) is 20.3 Å². The molecular formula is C15H19ClN4O. The zero-order valence-corrected chi connectivity index (χ0v) is 12.8. The second-order valence-corrected chi connectivity index (χ2v) is 5.82. The lowest BCUT2D eigenvalue weighted by molar-refractivity contribution is 0.288. The van der Waals surface area contributed by atoms with E-state index in [1.165, 1.54) is 12.8 Å². The molecule has 112 valence electrons. The zero-order valence-electron chi connectivity index (χ0n) is 12.1. The van der Waals surface area contributed by atoms with Crippen LogP contribution in [0.2, 0.25) is 5.02 Å². The molecule has 0 aliphatic heterocycles. The molecule has 0 bridgehead atoms. The predicted molar refractivity (Wildman–Crippen MR) is 81.6 cm³/mol. The first kappa shape index (κ1) is 14.4. The van der Waals surface area contributed by atoms with E-state index in [0.717, 1.165) is 23.6 Å². The molecule has 1 fully saturated rings. The Morgan fingerprint density at radius 3 is 3.10 bits per heavy atom. The van der Waals surface area contributed by atoms with Crippen molar-refractivity contribution in [3.8, 4) is 5.75 Å². The number of ether oxygens (including phenoxy) is 1.